The van der Waals surface area contributed by atoms with Crippen LogP contribution < -0.4 is 4.74 Å². The minimum Gasteiger partial charge on any atom is -0.492 e. The molecule has 1 radical (unpaired) electrons. The summed E-state index contributed by atoms with van der Waals surface area (Å²) < 4.78 is 5.33. The van der Waals surface area contributed by atoms with E-state index in [0.29, 0.717) is 28.8 Å². The van der Waals surface area contributed by atoms with Gasteiger partial charge < -0.3 is 4.74 Å². The van der Waals surface area contributed by atoms with Gasteiger partial charge >= 0.3 is 0 Å². The van der Waals surface area contributed by atoms with Crippen LogP contribution in [0.2, 0.25) is 5.02 Å². The highest BCUT2D eigenvalue weighted by Crippen LogP contribution is 2.26. The van der Waals surface area contributed by atoms with Gasteiger partial charge in [0.2, 0.25) is 0 Å². The third-order valence-corrected chi connectivity index (χ3v) is 2.26. The van der Waals surface area contributed by atoms with Crippen LogP contribution in [0.3, 0.4) is 0 Å². The highest BCUT2D eigenvalue weighted by atomic mass is 35.5. The van der Waals surface area contributed by atoms with Gasteiger partial charge in [-0.3, -0.25) is 0 Å². The number of allylic oxidation sites excluding steroid dienone is 1. The molecule has 0 amide bonds. The van der Waals surface area contributed by atoms with Crippen molar-refractivity contribution in [1.82, 2.24) is 0 Å². The fourth-order valence-corrected chi connectivity index (χ4v) is 1.47. The molecule has 15 heavy (non-hydrogen) atoms. The molecule has 0 aliphatic heterocycles. The molecular formula is C12H13Cl2O. The molecule has 0 aromatic heterocycles. The third kappa shape index (κ3) is 4.15. The van der Waals surface area contributed by atoms with Gasteiger partial charge in [0, 0.05) is 5.03 Å². The number of hydrogen-bond acceptors (Lipinski definition) is 1. The Labute approximate surface area is 101 Å². The summed E-state index contributed by atoms with van der Waals surface area (Å²) in [4.78, 5) is 0. The monoisotopic (exact) mass is 243 g/mol. The number of hydrogen-bond donors (Lipinski definition) is 0. The van der Waals surface area contributed by atoms with Gasteiger partial charge in [0.25, 0.3) is 0 Å². The van der Waals surface area contributed by atoms with Crippen molar-refractivity contribution in [3.8, 4) is 5.75 Å². The minimum atomic E-state index is 0.611. The Bertz CT molecular complexity index is 347. The highest BCUT2D eigenvalue weighted by Gasteiger charge is 2.02. The summed E-state index contributed by atoms with van der Waals surface area (Å²) in [6, 6.07) is 5.65. The van der Waals surface area contributed by atoms with Gasteiger partial charge in [-0.2, -0.15) is 0 Å². The third-order valence-electron chi connectivity index (χ3n) is 1.82. The van der Waals surface area contributed by atoms with Crippen LogP contribution in [0.4, 0.5) is 0 Å². The zero-order valence-corrected chi connectivity index (χ0v) is 10.1. The van der Waals surface area contributed by atoms with Crippen molar-refractivity contribution in [1.29, 1.82) is 0 Å². The molecule has 0 unspecified atom stereocenters. The van der Waals surface area contributed by atoms with Gasteiger partial charge in [-0.1, -0.05) is 35.8 Å². The molecule has 0 aliphatic rings. The van der Waals surface area contributed by atoms with Gasteiger partial charge in [0.15, 0.2) is 0 Å². The maximum atomic E-state index is 6.02. The first kappa shape index (κ1) is 12.4. The lowest BCUT2D eigenvalue weighted by Crippen LogP contribution is -1.92. The van der Waals surface area contributed by atoms with Crippen LogP contribution in [-0.2, 0) is 0 Å². The van der Waals surface area contributed by atoms with Crippen LogP contribution in [0.15, 0.2) is 29.8 Å². The molecule has 0 atom stereocenters. The predicted octanol–water partition coefficient (Wildman–Crippen LogP) is 4.43. The summed E-state index contributed by atoms with van der Waals surface area (Å²) in [5, 5.41) is 1.23. The number of rotatable bonds is 5. The molecule has 1 aromatic rings. The minimum absolute atomic E-state index is 0.611. The molecule has 0 N–H and O–H groups in total. The van der Waals surface area contributed by atoms with Crippen molar-refractivity contribution in [2.75, 3.05) is 6.61 Å². The zero-order valence-electron chi connectivity index (χ0n) is 8.59. The highest BCUT2D eigenvalue weighted by molar-refractivity contribution is 6.32. The standard InChI is InChI=1S/C12H13Cl2O/c1-3-15-12-7-6-10(8-11(12)14)5-4-9(2)13/h5-8H,2-4H2,1H3. The average molecular weight is 244 g/mol. The Morgan fingerprint density at radius 1 is 1.53 bits per heavy atom. The van der Waals surface area contributed by atoms with Crippen LogP contribution >= 0.6 is 23.2 Å². The second kappa shape index (κ2) is 6.04. The smallest absolute Gasteiger partial charge is 0.137 e. The van der Waals surface area contributed by atoms with E-state index in [1.807, 2.05) is 31.5 Å². The van der Waals surface area contributed by atoms with E-state index in [1.165, 1.54) is 0 Å². The maximum Gasteiger partial charge on any atom is 0.137 e. The largest absolute Gasteiger partial charge is 0.492 e. The first-order chi connectivity index (χ1) is 7.13. The van der Waals surface area contributed by atoms with Crippen molar-refractivity contribution in [3.63, 3.8) is 0 Å². The number of benzene rings is 1. The quantitative estimate of drug-likeness (QED) is 0.744. The summed E-state index contributed by atoms with van der Waals surface area (Å²) in [6.07, 6.45) is 2.61. The van der Waals surface area contributed by atoms with E-state index in [0.717, 1.165) is 5.56 Å². The second-order valence-electron chi connectivity index (χ2n) is 3.05. The van der Waals surface area contributed by atoms with E-state index in [2.05, 4.69) is 6.58 Å². The van der Waals surface area contributed by atoms with E-state index in [4.69, 9.17) is 27.9 Å². The second-order valence-corrected chi connectivity index (χ2v) is 3.99. The first-order valence-corrected chi connectivity index (χ1v) is 5.48. The lowest BCUT2D eigenvalue weighted by Gasteiger charge is -2.07. The van der Waals surface area contributed by atoms with Gasteiger partial charge in [0.05, 0.1) is 11.6 Å². The molecule has 81 valence electrons. The SMILES string of the molecule is C=C(Cl)C[CH]c1ccc(OCC)c(Cl)c1. The van der Waals surface area contributed by atoms with Gasteiger partial charge in [0.1, 0.15) is 5.75 Å². The Balaban J connectivity index is 2.68. The average Bonchev–Trinajstić information content (AvgIpc) is 2.19. The topological polar surface area (TPSA) is 9.23 Å². The van der Waals surface area contributed by atoms with Gasteiger partial charge in [-0.25, -0.2) is 0 Å². The van der Waals surface area contributed by atoms with Crippen molar-refractivity contribution in [2.45, 2.75) is 13.3 Å². The van der Waals surface area contributed by atoms with Gasteiger partial charge in [-0.05, 0) is 37.5 Å². The lowest BCUT2D eigenvalue weighted by molar-refractivity contribution is 0.340. The number of ether oxygens (including phenoxy) is 1. The molecule has 0 aliphatic carbocycles. The molecule has 1 nitrogen and oxygen atoms in total. The molecule has 0 saturated heterocycles. The molecule has 1 rings (SSSR count). The molecule has 3 heteroatoms. The summed E-state index contributed by atoms with van der Waals surface area (Å²) in [6.45, 7) is 6.15. The normalized spacial score (nSPS) is 10.1. The van der Waals surface area contributed by atoms with Crippen LogP contribution in [-0.4, -0.2) is 6.61 Å². The molecule has 1 aromatic carbocycles. The van der Waals surface area contributed by atoms with Crippen LogP contribution in [0, 0.1) is 6.42 Å². The number of halogens is 2. The summed E-state index contributed by atoms with van der Waals surface area (Å²) in [5.74, 6) is 0.709. The Hall–Kier alpha value is -0.660. The van der Waals surface area contributed by atoms with Crippen molar-refractivity contribution < 1.29 is 4.74 Å². The molecule has 0 fully saturated rings. The maximum absolute atomic E-state index is 6.02. The fourth-order valence-electron chi connectivity index (χ4n) is 1.15. The molecule has 0 spiro atoms. The molecule has 0 saturated carbocycles. The van der Waals surface area contributed by atoms with E-state index >= 15 is 0 Å². The van der Waals surface area contributed by atoms with Crippen LogP contribution in [0.5, 0.6) is 5.75 Å². The first-order valence-electron chi connectivity index (χ1n) is 4.72. The Kier molecular flexibility index (Phi) is 5.00. The van der Waals surface area contributed by atoms with E-state index in [1.54, 1.807) is 0 Å². The summed E-state index contributed by atoms with van der Waals surface area (Å²) >= 11 is 11.7. The zero-order chi connectivity index (χ0) is 11.3. The molecule has 0 bridgehead atoms. The van der Waals surface area contributed by atoms with Crippen LogP contribution in [0.25, 0.3) is 0 Å². The van der Waals surface area contributed by atoms with E-state index in [-0.39, 0.29) is 0 Å². The molecule has 0 heterocycles. The van der Waals surface area contributed by atoms with E-state index < -0.39 is 0 Å². The fraction of sp³-hybridized carbons (Fsp3) is 0.250. The summed E-state index contributed by atoms with van der Waals surface area (Å²) in [5.41, 5.74) is 1.02. The van der Waals surface area contributed by atoms with E-state index in [9.17, 15) is 0 Å². The van der Waals surface area contributed by atoms with Crippen molar-refractivity contribution in [3.05, 3.63) is 46.8 Å². The Morgan fingerprint density at radius 3 is 2.80 bits per heavy atom. The van der Waals surface area contributed by atoms with Crippen molar-refractivity contribution in [2.24, 2.45) is 0 Å². The van der Waals surface area contributed by atoms with Gasteiger partial charge in [-0.15, -0.1) is 0 Å². The predicted molar refractivity (Wildman–Crippen MR) is 65.6 cm³/mol. The Morgan fingerprint density at radius 2 is 2.27 bits per heavy atom. The summed E-state index contributed by atoms with van der Waals surface area (Å²) in [7, 11) is 0. The van der Waals surface area contributed by atoms with Crippen LogP contribution in [0.1, 0.15) is 18.9 Å². The lowest BCUT2D eigenvalue weighted by atomic mass is 10.1. The van der Waals surface area contributed by atoms with Crippen molar-refractivity contribution >= 4 is 23.2 Å². The molecular weight excluding hydrogens is 231 g/mol.